The van der Waals surface area contributed by atoms with Crippen molar-refractivity contribution >= 4 is 20.0 Å². The number of hydrogen-bond acceptors (Lipinski definition) is 5. The highest BCUT2D eigenvalue weighted by Gasteiger charge is 2.42. The lowest BCUT2D eigenvalue weighted by Crippen LogP contribution is -2.49. The first-order valence-electron chi connectivity index (χ1n) is 11.1. The molecule has 2 N–H and O–H groups in total. The van der Waals surface area contributed by atoms with Gasteiger partial charge in [0.2, 0.25) is 5.43 Å². The van der Waals surface area contributed by atoms with E-state index in [1.54, 1.807) is 4.67 Å². The van der Waals surface area contributed by atoms with Crippen molar-refractivity contribution in [1.29, 1.82) is 0 Å². The molecule has 2 aliphatic rings. The minimum atomic E-state index is -1.05. The number of halogens is 2. The Bertz CT molecular complexity index is 1200. The van der Waals surface area contributed by atoms with Crippen LogP contribution in [0.4, 0.5) is 8.78 Å². The molecule has 2 aromatic rings. The van der Waals surface area contributed by atoms with Gasteiger partial charge in [0.15, 0.2) is 11.4 Å². The molecule has 1 saturated heterocycles. The molecular weight excluding hydrogens is 465 g/mol. The van der Waals surface area contributed by atoms with Crippen LogP contribution in [-0.4, -0.2) is 50.5 Å². The van der Waals surface area contributed by atoms with Gasteiger partial charge in [-0.15, -0.1) is 0 Å². The Labute approximate surface area is 197 Å². The van der Waals surface area contributed by atoms with Gasteiger partial charge in [-0.1, -0.05) is 26.8 Å². The maximum absolute atomic E-state index is 13.9. The zero-order valence-electron chi connectivity index (χ0n) is 19.2. The van der Waals surface area contributed by atoms with Gasteiger partial charge in [-0.2, -0.15) is 0 Å². The highest BCUT2D eigenvalue weighted by molar-refractivity contribution is 7.52. The van der Waals surface area contributed by atoms with E-state index in [9.17, 15) is 28.3 Å². The van der Waals surface area contributed by atoms with Gasteiger partial charge in [0.05, 0.1) is 14.5 Å². The lowest BCUT2D eigenvalue weighted by molar-refractivity contribution is 0.0788. The molecule has 8 nitrogen and oxygen atoms in total. The fourth-order valence-corrected chi connectivity index (χ4v) is 7.23. The van der Waals surface area contributed by atoms with E-state index in [2.05, 4.69) is 30.8 Å². The normalized spacial score (nSPS) is 20.3. The van der Waals surface area contributed by atoms with Crippen molar-refractivity contribution in [2.75, 3.05) is 19.6 Å². The summed E-state index contributed by atoms with van der Waals surface area (Å²) in [6, 6.07) is 2.97. The van der Waals surface area contributed by atoms with Gasteiger partial charge >= 0.3 is 0 Å². The molecule has 2 amide bonds. The summed E-state index contributed by atoms with van der Waals surface area (Å²) in [5.41, 5.74) is -1.39. The molecule has 1 aromatic heterocycles. The van der Waals surface area contributed by atoms with Crippen LogP contribution in [0.3, 0.4) is 0 Å². The summed E-state index contributed by atoms with van der Waals surface area (Å²) in [5.74, 6) is -2.94. The summed E-state index contributed by atoms with van der Waals surface area (Å²) in [4.78, 5) is 38.8. The third kappa shape index (κ3) is 4.57. The Kier molecular flexibility index (Phi) is 6.73. The first kappa shape index (κ1) is 24.3. The number of hydrogen-bond donors (Lipinski definition) is 2. The number of nitrogens with zero attached hydrogens (tertiary/aromatic N) is 3. The van der Waals surface area contributed by atoms with E-state index < -0.39 is 42.9 Å². The van der Waals surface area contributed by atoms with E-state index >= 15 is 0 Å². The molecule has 182 valence electrons. The van der Waals surface area contributed by atoms with Crippen LogP contribution in [0, 0.1) is 23.5 Å². The number of aromatic nitrogens is 1. The third-order valence-electron chi connectivity index (χ3n) is 5.86. The van der Waals surface area contributed by atoms with E-state index in [1.165, 1.54) is 16.8 Å². The zero-order chi connectivity index (χ0) is 24.7. The van der Waals surface area contributed by atoms with E-state index in [0.717, 1.165) is 19.2 Å². The fourth-order valence-electron chi connectivity index (χ4n) is 4.34. The Morgan fingerprint density at radius 2 is 2.00 bits per heavy atom. The summed E-state index contributed by atoms with van der Waals surface area (Å²) in [6.45, 7) is 8.18. The van der Waals surface area contributed by atoms with E-state index in [0.29, 0.717) is 24.8 Å². The molecule has 2 atom stereocenters. The number of amides is 2. The average Bonchev–Trinajstić information content (AvgIpc) is 2.75. The summed E-state index contributed by atoms with van der Waals surface area (Å²) in [5, 5.41) is 13.0. The van der Waals surface area contributed by atoms with Crippen molar-refractivity contribution in [3.63, 3.8) is 0 Å². The van der Waals surface area contributed by atoms with Crippen LogP contribution < -0.4 is 10.7 Å². The maximum atomic E-state index is 13.9. The molecule has 2 aliphatic heterocycles. The maximum Gasteiger partial charge on any atom is 0.278 e. The van der Waals surface area contributed by atoms with Crippen molar-refractivity contribution in [1.82, 2.24) is 19.2 Å². The molecule has 11 heteroatoms. The molecule has 1 fully saturated rings. The van der Waals surface area contributed by atoms with Crippen molar-refractivity contribution in [3.05, 3.63) is 63.1 Å². The minimum Gasteiger partial charge on any atom is -0.503 e. The topological polar surface area (TPSA) is 94.9 Å². The number of carbonyl (C=O) groups is 2. The monoisotopic (exact) mass is 492 g/mol. The molecule has 0 aliphatic carbocycles. The number of carbonyl (C=O) groups excluding carboxylic acids is 2. The number of pyridine rings is 1. The van der Waals surface area contributed by atoms with Crippen LogP contribution in [0.25, 0.3) is 0 Å². The van der Waals surface area contributed by atoms with Crippen LogP contribution in [0.1, 0.15) is 47.2 Å². The molecule has 4 rings (SSSR count). The van der Waals surface area contributed by atoms with Crippen molar-refractivity contribution in [2.24, 2.45) is 11.8 Å². The second-order valence-corrected chi connectivity index (χ2v) is 11.3. The van der Waals surface area contributed by atoms with Gasteiger partial charge < -0.3 is 19.7 Å². The lowest BCUT2D eigenvalue weighted by Gasteiger charge is -2.49. The van der Waals surface area contributed by atoms with Gasteiger partial charge in [-0.3, -0.25) is 19.1 Å². The average molecular weight is 492 g/mol. The van der Waals surface area contributed by atoms with Crippen LogP contribution in [0.2, 0.25) is 0 Å². The largest absolute Gasteiger partial charge is 0.503 e. The van der Waals surface area contributed by atoms with Crippen LogP contribution in [-0.2, 0) is 12.8 Å². The minimum absolute atomic E-state index is 0.0481. The Morgan fingerprint density at radius 3 is 2.68 bits per heavy atom. The number of aromatic hydroxyl groups is 1. The number of nitrogens with one attached hydrogen (secondary N) is 1. The first-order chi connectivity index (χ1) is 16.1. The highest BCUT2D eigenvalue weighted by Crippen LogP contribution is 2.53. The van der Waals surface area contributed by atoms with Gasteiger partial charge in [-0.25, -0.2) is 8.78 Å². The summed E-state index contributed by atoms with van der Waals surface area (Å²) in [6.07, 6.45) is 1.65. The fraction of sp³-hybridized carbons (Fsp3) is 0.435. The Hall–Kier alpha value is -2.84. The van der Waals surface area contributed by atoms with E-state index in [1.807, 2.05) is 0 Å². The van der Waals surface area contributed by atoms with E-state index in [4.69, 9.17) is 0 Å². The standard InChI is InChI=1S/C23H27F2N4O4P/c1-13(2)8-28-9-14(3)10-29-23(33)19-21(31)20(30)17(11-27(19)12-34(28)29)22(32)26-7-15-4-5-16(24)6-18(15)25/h4-6,11,13-14,31H,7-10,12H2,1-3H3,(H,26,32)/t14-,34?/m1/s1. The lowest BCUT2D eigenvalue weighted by atomic mass is 10.1. The molecule has 0 saturated carbocycles. The Morgan fingerprint density at radius 1 is 1.26 bits per heavy atom. The number of rotatable bonds is 5. The SMILES string of the molecule is CC(C)CN1C[C@@H](C)CN2C(=O)c3c(O)c(=O)c(C(=O)NCc4ccc(F)cc4F)cn3CP12. The second kappa shape index (κ2) is 9.43. The highest BCUT2D eigenvalue weighted by atomic mass is 31.1. The number of benzene rings is 1. The molecule has 0 spiro atoms. The first-order valence-corrected chi connectivity index (χ1v) is 12.5. The van der Waals surface area contributed by atoms with Crippen LogP contribution >= 0.6 is 8.22 Å². The van der Waals surface area contributed by atoms with Gasteiger partial charge in [0.1, 0.15) is 17.2 Å². The molecule has 34 heavy (non-hydrogen) atoms. The quantitative estimate of drug-likeness (QED) is 0.626. The molecule has 0 radical (unpaired) electrons. The Balaban J connectivity index is 1.63. The predicted octanol–water partition coefficient (Wildman–Crippen LogP) is 3.10. The smallest absolute Gasteiger partial charge is 0.278 e. The van der Waals surface area contributed by atoms with Crippen LogP contribution in [0.5, 0.6) is 5.75 Å². The van der Waals surface area contributed by atoms with Gasteiger partial charge in [0, 0.05) is 44.0 Å². The zero-order valence-corrected chi connectivity index (χ0v) is 20.1. The summed E-state index contributed by atoms with van der Waals surface area (Å²) < 4.78 is 32.5. The van der Waals surface area contributed by atoms with E-state index in [-0.39, 0.29) is 29.3 Å². The van der Waals surface area contributed by atoms with Gasteiger partial charge in [-0.05, 0) is 17.9 Å². The van der Waals surface area contributed by atoms with Gasteiger partial charge in [0.25, 0.3) is 11.8 Å². The third-order valence-corrected chi connectivity index (χ3v) is 8.30. The number of fused-ring (bicyclic) bond motifs is 2. The second-order valence-electron chi connectivity index (χ2n) is 9.23. The predicted molar refractivity (Wildman–Crippen MR) is 123 cm³/mol. The summed E-state index contributed by atoms with van der Waals surface area (Å²) >= 11 is 0. The molecule has 1 unspecified atom stereocenters. The molecule has 1 aromatic carbocycles. The molecule has 0 bridgehead atoms. The molecular formula is C23H27F2N4O4P. The molecule has 3 heterocycles. The van der Waals surface area contributed by atoms with Crippen molar-refractivity contribution in [2.45, 2.75) is 33.6 Å². The van der Waals surface area contributed by atoms with Crippen LogP contribution in [0.15, 0.2) is 29.2 Å². The van der Waals surface area contributed by atoms with Crippen molar-refractivity contribution in [3.8, 4) is 5.75 Å². The van der Waals surface area contributed by atoms with Crippen molar-refractivity contribution < 1.29 is 23.5 Å². The summed E-state index contributed by atoms with van der Waals surface area (Å²) in [7, 11) is -1.05.